The van der Waals surface area contributed by atoms with Gasteiger partial charge in [0.25, 0.3) is 5.91 Å². The lowest BCUT2D eigenvalue weighted by atomic mass is 10.1. The number of likely N-dealkylation sites (N-methyl/N-ethyl adjacent to an activating group) is 1. The molecule has 0 bridgehead atoms. The van der Waals surface area contributed by atoms with E-state index in [2.05, 4.69) is 10.0 Å². The molecule has 3 rings (SSSR count). The molecule has 3 aromatic rings. The zero-order chi connectivity index (χ0) is 23.8. The van der Waals surface area contributed by atoms with Crippen molar-refractivity contribution in [2.75, 3.05) is 27.7 Å². The van der Waals surface area contributed by atoms with Crippen LogP contribution in [0.15, 0.2) is 83.8 Å². The van der Waals surface area contributed by atoms with Gasteiger partial charge in [-0.05, 0) is 55.6 Å². The Kier molecular flexibility index (Phi) is 8.21. The van der Waals surface area contributed by atoms with Crippen molar-refractivity contribution < 1.29 is 17.9 Å². The molecule has 2 N–H and O–H groups in total. The van der Waals surface area contributed by atoms with E-state index in [-0.39, 0.29) is 29.0 Å². The Balaban J connectivity index is 1.67. The van der Waals surface area contributed by atoms with E-state index >= 15 is 0 Å². The van der Waals surface area contributed by atoms with Crippen LogP contribution in [0.2, 0.25) is 0 Å². The number of hydrogen-bond donors (Lipinski definition) is 2. The van der Waals surface area contributed by atoms with Crippen LogP contribution >= 0.6 is 0 Å². The number of amides is 1. The number of rotatable bonds is 10. The van der Waals surface area contributed by atoms with E-state index in [1.165, 1.54) is 12.1 Å². The number of sulfonamides is 1. The molecule has 0 aromatic heterocycles. The molecule has 0 radical (unpaired) electrons. The topological polar surface area (TPSA) is 87.7 Å². The van der Waals surface area contributed by atoms with Crippen LogP contribution in [-0.4, -0.2) is 47.0 Å². The van der Waals surface area contributed by atoms with E-state index in [0.717, 1.165) is 16.9 Å². The van der Waals surface area contributed by atoms with Gasteiger partial charge in [0.15, 0.2) is 0 Å². The molecule has 33 heavy (non-hydrogen) atoms. The van der Waals surface area contributed by atoms with Gasteiger partial charge in [-0.1, -0.05) is 48.5 Å². The van der Waals surface area contributed by atoms with E-state index in [4.69, 9.17) is 4.74 Å². The lowest BCUT2D eigenvalue weighted by Gasteiger charge is -2.25. The van der Waals surface area contributed by atoms with Gasteiger partial charge in [-0.2, -0.15) is 0 Å². The van der Waals surface area contributed by atoms with Crippen LogP contribution in [0.3, 0.4) is 0 Å². The van der Waals surface area contributed by atoms with Crippen molar-refractivity contribution in [1.29, 1.82) is 0 Å². The Labute approximate surface area is 195 Å². The lowest BCUT2D eigenvalue weighted by molar-refractivity contribution is 0.0941. The van der Waals surface area contributed by atoms with Gasteiger partial charge in [-0.25, -0.2) is 13.1 Å². The standard InChI is InChI=1S/C25H29N3O4S/c1-28(2)24(20-12-14-22(32-3)15-13-20)18-26-25(29)21-10-7-11-23(16-21)33(30,31)27-17-19-8-5-4-6-9-19/h4-16,24,27H,17-18H2,1-3H3,(H,26,29)/t24-/m1/s1. The Hall–Kier alpha value is -3.20. The van der Waals surface area contributed by atoms with Gasteiger partial charge < -0.3 is 15.0 Å². The summed E-state index contributed by atoms with van der Waals surface area (Å²) in [5, 5.41) is 2.92. The fourth-order valence-electron chi connectivity index (χ4n) is 3.38. The molecule has 174 valence electrons. The number of ether oxygens (including phenoxy) is 1. The Morgan fingerprint density at radius 2 is 1.67 bits per heavy atom. The highest BCUT2D eigenvalue weighted by atomic mass is 32.2. The first-order chi connectivity index (χ1) is 15.8. The molecule has 8 heteroatoms. The van der Waals surface area contributed by atoms with Crippen molar-refractivity contribution in [2.24, 2.45) is 0 Å². The summed E-state index contributed by atoms with van der Waals surface area (Å²) in [5.74, 6) is 0.426. The number of hydrogen-bond acceptors (Lipinski definition) is 5. The van der Waals surface area contributed by atoms with Crippen molar-refractivity contribution >= 4 is 15.9 Å². The van der Waals surface area contributed by atoms with Gasteiger partial charge in [0.1, 0.15) is 5.75 Å². The number of methoxy groups -OCH3 is 1. The van der Waals surface area contributed by atoms with Crippen molar-refractivity contribution in [2.45, 2.75) is 17.5 Å². The maximum Gasteiger partial charge on any atom is 0.251 e. The van der Waals surface area contributed by atoms with Crippen molar-refractivity contribution in [3.8, 4) is 5.75 Å². The number of benzene rings is 3. The molecule has 0 saturated heterocycles. The van der Waals surface area contributed by atoms with Gasteiger partial charge in [0, 0.05) is 18.7 Å². The molecular weight excluding hydrogens is 438 g/mol. The van der Waals surface area contributed by atoms with Crippen LogP contribution in [0.4, 0.5) is 0 Å². The summed E-state index contributed by atoms with van der Waals surface area (Å²) in [6.45, 7) is 0.535. The minimum Gasteiger partial charge on any atom is -0.497 e. The molecule has 0 heterocycles. The van der Waals surface area contributed by atoms with Crippen molar-refractivity contribution in [3.05, 3.63) is 95.6 Å². The number of carbonyl (C=O) groups is 1. The molecule has 7 nitrogen and oxygen atoms in total. The summed E-state index contributed by atoms with van der Waals surface area (Å²) in [4.78, 5) is 14.9. The van der Waals surface area contributed by atoms with Gasteiger partial charge in [0.05, 0.1) is 18.0 Å². The Morgan fingerprint density at radius 1 is 0.970 bits per heavy atom. The van der Waals surface area contributed by atoms with Crippen LogP contribution < -0.4 is 14.8 Å². The van der Waals surface area contributed by atoms with Gasteiger partial charge in [0.2, 0.25) is 10.0 Å². The lowest BCUT2D eigenvalue weighted by Crippen LogP contribution is -2.34. The monoisotopic (exact) mass is 467 g/mol. The number of nitrogens with zero attached hydrogens (tertiary/aromatic N) is 1. The molecule has 0 saturated carbocycles. The predicted octanol–water partition coefficient (Wildman–Crippen LogP) is 3.21. The smallest absolute Gasteiger partial charge is 0.251 e. The molecule has 0 fully saturated rings. The number of nitrogens with one attached hydrogen (secondary N) is 2. The predicted molar refractivity (Wildman–Crippen MR) is 129 cm³/mol. The SMILES string of the molecule is COc1ccc([C@@H](CNC(=O)c2cccc(S(=O)(=O)NCc3ccccc3)c2)N(C)C)cc1. The van der Waals surface area contributed by atoms with E-state index in [0.29, 0.717) is 6.54 Å². The summed E-state index contributed by atoms with van der Waals surface area (Å²) < 4.78 is 33.2. The minimum atomic E-state index is -3.76. The summed E-state index contributed by atoms with van der Waals surface area (Å²) >= 11 is 0. The molecule has 3 aromatic carbocycles. The molecule has 0 aliphatic rings. The Bertz CT molecular complexity index is 1160. The van der Waals surface area contributed by atoms with E-state index in [9.17, 15) is 13.2 Å². The van der Waals surface area contributed by atoms with E-state index < -0.39 is 10.0 Å². The zero-order valence-corrected chi connectivity index (χ0v) is 19.8. The van der Waals surface area contributed by atoms with E-state index in [1.807, 2.05) is 73.6 Å². The highest BCUT2D eigenvalue weighted by molar-refractivity contribution is 7.89. The fourth-order valence-corrected chi connectivity index (χ4v) is 4.44. The number of carbonyl (C=O) groups excluding carboxylic acids is 1. The van der Waals surface area contributed by atoms with Gasteiger partial charge >= 0.3 is 0 Å². The molecule has 1 amide bonds. The highest BCUT2D eigenvalue weighted by Crippen LogP contribution is 2.21. The maximum absolute atomic E-state index is 12.8. The third-order valence-electron chi connectivity index (χ3n) is 5.30. The van der Waals surface area contributed by atoms with Gasteiger partial charge in [-0.15, -0.1) is 0 Å². The molecule has 0 aliphatic heterocycles. The third kappa shape index (κ3) is 6.64. The second kappa shape index (κ2) is 11.1. The highest BCUT2D eigenvalue weighted by Gasteiger charge is 2.19. The molecule has 1 atom stereocenters. The zero-order valence-electron chi connectivity index (χ0n) is 19.0. The summed E-state index contributed by atoms with van der Waals surface area (Å²) in [6.07, 6.45) is 0. The second-order valence-corrected chi connectivity index (χ2v) is 9.57. The first kappa shape index (κ1) is 24.4. The molecule has 0 unspecified atom stereocenters. The largest absolute Gasteiger partial charge is 0.497 e. The van der Waals surface area contributed by atoms with Crippen LogP contribution in [0, 0.1) is 0 Å². The average molecular weight is 468 g/mol. The summed E-state index contributed by atoms with van der Waals surface area (Å²) in [7, 11) is 1.73. The van der Waals surface area contributed by atoms with E-state index in [1.54, 1.807) is 19.2 Å². The van der Waals surface area contributed by atoms with Crippen LogP contribution in [-0.2, 0) is 16.6 Å². The Morgan fingerprint density at radius 3 is 2.30 bits per heavy atom. The molecule has 0 spiro atoms. The third-order valence-corrected chi connectivity index (χ3v) is 6.69. The molecule has 0 aliphatic carbocycles. The van der Waals surface area contributed by atoms with Gasteiger partial charge in [-0.3, -0.25) is 4.79 Å². The maximum atomic E-state index is 12.8. The normalized spacial score (nSPS) is 12.4. The first-order valence-electron chi connectivity index (χ1n) is 10.5. The first-order valence-corrected chi connectivity index (χ1v) is 12.0. The second-order valence-electron chi connectivity index (χ2n) is 7.80. The summed E-state index contributed by atoms with van der Waals surface area (Å²) in [6, 6.07) is 22.9. The van der Waals surface area contributed by atoms with Crippen molar-refractivity contribution in [3.63, 3.8) is 0 Å². The summed E-state index contributed by atoms with van der Waals surface area (Å²) in [5.41, 5.74) is 2.16. The fraction of sp³-hybridized carbons (Fsp3) is 0.240. The van der Waals surface area contributed by atoms with Crippen LogP contribution in [0.1, 0.15) is 27.5 Å². The minimum absolute atomic E-state index is 0.0467. The quantitative estimate of drug-likeness (QED) is 0.478. The van der Waals surface area contributed by atoms with Crippen LogP contribution in [0.25, 0.3) is 0 Å². The average Bonchev–Trinajstić information content (AvgIpc) is 2.84. The molecular formula is C25H29N3O4S. The van der Waals surface area contributed by atoms with Crippen molar-refractivity contribution in [1.82, 2.24) is 14.9 Å². The van der Waals surface area contributed by atoms with Crippen LogP contribution in [0.5, 0.6) is 5.75 Å².